The Morgan fingerprint density at radius 1 is 0.889 bits per heavy atom. The zero-order valence-corrected chi connectivity index (χ0v) is 12.7. The van der Waals surface area contributed by atoms with Crippen LogP contribution in [0.2, 0.25) is 0 Å². The van der Waals surface area contributed by atoms with Crippen molar-refractivity contribution in [2.75, 3.05) is 32.0 Å². The van der Waals surface area contributed by atoms with Gasteiger partial charge in [-0.15, -0.1) is 0 Å². The Labute approximate surface area is 119 Å². The highest BCUT2D eigenvalue weighted by Crippen LogP contribution is 2.17. The molecule has 1 N–H and O–H groups in total. The standard InChI is InChI=1S/C15H31NOS/c17-14-15-8-11-16(12-9-15)10-6-4-2-1-3-5-7-13-18/h15,17-18H,1-14H2. The molecule has 0 spiro atoms. The van der Waals surface area contributed by atoms with E-state index in [1.54, 1.807) is 0 Å². The van der Waals surface area contributed by atoms with Crippen molar-refractivity contribution in [3.63, 3.8) is 0 Å². The first-order chi connectivity index (χ1) is 8.86. The second-order valence-electron chi connectivity index (χ2n) is 5.67. The summed E-state index contributed by atoms with van der Waals surface area (Å²) in [6, 6.07) is 0. The average molecular weight is 273 g/mol. The van der Waals surface area contributed by atoms with Crippen LogP contribution in [0.4, 0.5) is 0 Å². The highest BCUT2D eigenvalue weighted by molar-refractivity contribution is 7.80. The van der Waals surface area contributed by atoms with Crippen LogP contribution in [0.25, 0.3) is 0 Å². The Hall–Kier alpha value is 0.270. The van der Waals surface area contributed by atoms with E-state index in [1.165, 1.54) is 77.4 Å². The highest BCUT2D eigenvalue weighted by atomic mass is 32.1. The van der Waals surface area contributed by atoms with Crippen molar-refractivity contribution in [2.45, 2.75) is 57.8 Å². The van der Waals surface area contributed by atoms with E-state index < -0.39 is 0 Å². The zero-order valence-electron chi connectivity index (χ0n) is 11.8. The number of rotatable bonds is 10. The Morgan fingerprint density at radius 2 is 1.44 bits per heavy atom. The minimum atomic E-state index is 0.389. The number of likely N-dealkylation sites (tertiary alicyclic amines) is 1. The van der Waals surface area contributed by atoms with Gasteiger partial charge in [0.2, 0.25) is 0 Å². The number of hydrogen-bond donors (Lipinski definition) is 2. The topological polar surface area (TPSA) is 23.5 Å². The van der Waals surface area contributed by atoms with Crippen molar-refractivity contribution in [3.8, 4) is 0 Å². The molecule has 0 aliphatic carbocycles. The quantitative estimate of drug-likeness (QED) is 0.471. The molecule has 0 amide bonds. The maximum atomic E-state index is 9.09. The minimum absolute atomic E-state index is 0.389. The minimum Gasteiger partial charge on any atom is -0.396 e. The van der Waals surface area contributed by atoms with Gasteiger partial charge in [0.1, 0.15) is 0 Å². The molecular formula is C15H31NOS. The molecule has 0 aromatic rings. The zero-order chi connectivity index (χ0) is 13.1. The van der Waals surface area contributed by atoms with E-state index in [0.717, 1.165) is 5.75 Å². The molecule has 1 saturated heterocycles. The number of unbranched alkanes of at least 4 members (excludes halogenated alkanes) is 6. The number of aliphatic hydroxyl groups excluding tert-OH is 1. The van der Waals surface area contributed by atoms with Gasteiger partial charge >= 0.3 is 0 Å². The molecule has 0 aromatic heterocycles. The molecule has 18 heavy (non-hydrogen) atoms. The van der Waals surface area contributed by atoms with Gasteiger partial charge in [0.25, 0.3) is 0 Å². The van der Waals surface area contributed by atoms with E-state index in [2.05, 4.69) is 17.5 Å². The van der Waals surface area contributed by atoms with Crippen molar-refractivity contribution in [3.05, 3.63) is 0 Å². The first-order valence-electron chi connectivity index (χ1n) is 7.81. The summed E-state index contributed by atoms with van der Waals surface area (Å²) in [6.45, 7) is 4.06. The Morgan fingerprint density at radius 3 is 2.00 bits per heavy atom. The normalized spacial score (nSPS) is 18.3. The summed E-state index contributed by atoms with van der Waals surface area (Å²) in [7, 11) is 0. The summed E-state index contributed by atoms with van der Waals surface area (Å²) >= 11 is 4.23. The van der Waals surface area contributed by atoms with Crippen LogP contribution in [0.3, 0.4) is 0 Å². The van der Waals surface area contributed by atoms with Crippen LogP contribution in [-0.4, -0.2) is 42.0 Å². The lowest BCUT2D eigenvalue weighted by Crippen LogP contribution is -2.35. The lowest BCUT2D eigenvalue weighted by molar-refractivity contribution is 0.130. The van der Waals surface area contributed by atoms with Gasteiger partial charge in [0.05, 0.1) is 0 Å². The summed E-state index contributed by atoms with van der Waals surface area (Å²) in [4.78, 5) is 2.58. The number of hydrogen-bond acceptors (Lipinski definition) is 3. The summed E-state index contributed by atoms with van der Waals surface area (Å²) in [5.41, 5.74) is 0. The van der Waals surface area contributed by atoms with Crippen LogP contribution in [-0.2, 0) is 0 Å². The predicted molar refractivity (Wildman–Crippen MR) is 82.4 cm³/mol. The number of nitrogens with zero attached hydrogens (tertiary/aromatic N) is 1. The fourth-order valence-corrected chi connectivity index (χ4v) is 2.95. The molecule has 1 fully saturated rings. The lowest BCUT2D eigenvalue weighted by Gasteiger charge is -2.30. The first-order valence-corrected chi connectivity index (χ1v) is 8.44. The van der Waals surface area contributed by atoms with Crippen LogP contribution in [0.15, 0.2) is 0 Å². The van der Waals surface area contributed by atoms with Crippen LogP contribution < -0.4 is 0 Å². The fraction of sp³-hybridized carbons (Fsp3) is 1.00. The second-order valence-corrected chi connectivity index (χ2v) is 6.11. The molecule has 1 aliphatic heterocycles. The van der Waals surface area contributed by atoms with E-state index in [4.69, 9.17) is 5.11 Å². The van der Waals surface area contributed by atoms with E-state index in [1.807, 2.05) is 0 Å². The summed E-state index contributed by atoms with van der Waals surface area (Å²) < 4.78 is 0. The predicted octanol–water partition coefficient (Wildman–Crippen LogP) is 3.35. The maximum Gasteiger partial charge on any atom is 0.0460 e. The van der Waals surface area contributed by atoms with Crippen LogP contribution in [0.1, 0.15) is 57.8 Å². The van der Waals surface area contributed by atoms with Crippen LogP contribution in [0.5, 0.6) is 0 Å². The largest absolute Gasteiger partial charge is 0.396 e. The summed E-state index contributed by atoms with van der Waals surface area (Å²) in [6.07, 6.45) is 12.0. The lowest BCUT2D eigenvalue weighted by atomic mass is 9.97. The number of thiol groups is 1. The smallest absolute Gasteiger partial charge is 0.0460 e. The Kier molecular flexibility index (Phi) is 10.1. The highest BCUT2D eigenvalue weighted by Gasteiger charge is 2.17. The van der Waals surface area contributed by atoms with Gasteiger partial charge in [-0.05, 0) is 57.0 Å². The van der Waals surface area contributed by atoms with Crippen molar-refractivity contribution in [1.29, 1.82) is 0 Å². The third kappa shape index (κ3) is 7.65. The average Bonchev–Trinajstić information content (AvgIpc) is 2.42. The molecule has 0 unspecified atom stereocenters. The maximum absolute atomic E-state index is 9.09. The van der Waals surface area contributed by atoms with E-state index >= 15 is 0 Å². The number of piperidine rings is 1. The van der Waals surface area contributed by atoms with E-state index in [-0.39, 0.29) is 0 Å². The molecule has 108 valence electrons. The third-order valence-electron chi connectivity index (χ3n) is 4.10. The molecule has 0 atom stereocenters. The van der Waals surface area contributed by atoms with Crippen molar-refractivity contribution in [1.82, 2.24) is 4.90 Å². The molecular weight excluding hydrogens is 242 g/mol. The van der Waals surface area contributed by atoms with Gasteiger partial charge < -0.3 is 10.0 Å². The molecule has 2 nitrogen and oxygen atoms in total. The van der Waals surface area contributed by atoms with Gasteiger partial charge in [-0.2, -0.15) is 12.6 Å². The number of aliphatic hydroxyl groups is 1. The molecule has 0 bridgehead atoms. The van der Waals surface area contributed by atoms with Crippen molar-refractivity contribution >= 4 is 12.6 Å². The molecule has 0 saturated carbocycles. The van der Waals surface area contributed by atoms with Crippen molar-refractivity contribution in [2.24, 2.45) is 5.92 Å². The van der Waals surface area contributed by atoms with Gasteiger partial charge in [-0.1, -0.05) is 32.1 Å². The fourth-order valence-electron chi connectivity index (χ4n) is 2.72. The Bertz CT molecular complexity index is 181. The first kappa shape index (κ1) is 16.3. The third-order valence-corrected chi connectivity index (χ3v) is 4.41. The molecule has 3 heteroatoms. The van der Waals surface area contributed by atoms with Crippen LogP contribution in [0, 0.1) is 5.92 Å². The van der Waals surface area contributed by atoms with Gasteiger partial charge in [-0.3, -0.25) is 0 Å². The molecule has 1 heterocycles. The summed E-state index contributed by atoms with van der Waals surface area (Å²) in [5.74, 6) is 1.62. The molecule has 0 radical (unpaired) electrons. The van der Waals surface area contributed by atoms with Gasteiger partial charge in [-0.25, -0.2) is 0 Å². The molecule has 1 rings (SSSR count). The van der Waals surface area contributed by atoms with E-state index in [0.29, 0.717) is 12.5 Å². The van der Waals surface area contributed by atoms with Crippen LogP contribution >= 0.6 is 12.6 Å². The SMILES string of the molecule is OCC1CCN(CCCCCCCCCS)CC1. The molecule has 1 aliphatic rings. The van der Waals surface area contributed by atoms with Crippen molar-refractivity contribution < 1.29 is 5.11 Å². The monoisotopic (exact) mass is 273 g/mol. The van der Waals surface area contributed by atoms with Gasteiger partial charge in [0.15, 0.2) is 0 Å². The second kappa shape index (κ2) is 11.1. The summed E-state index contributed by atoms with van der Waals surface area (Å²) in [5, 5.41) is 9.09. The Balaban J connectivity index is 1.84. The molecule has 0 aromatic carbocycles. The van der Waals surface area contributed by atoms with E-state index in [9.17, 15) is 0 Å². The van der Waals surface area contributed by atoms with Gasteiger partial charge in [0, 0.05) is 6.61 Å².